The van der Waals surface area contributed by atoms with Crippen LogP contribution in [0.15, 0.2) is 60.7 Å². The maximum Gasteiger partial charge on any atom is 0.224 e. The number of nitrogens with zero attached hydrogens (tertiary/aromatic N) is 1. The number of hydrogen-bond donors (Lipinski definition) is 2. The molecule has 0 radical (unpaired) electrons. The predicted octanol–water partition coefficient (Wildman–Crippen LogP) is 1.65. The lowest BCUT2D eigenvalue weighted by molar-refractivity contribution is -0.121. The Balaban J connectivity index is 1.42. The molecule has 0 saturated carbocycles. The molecule has 1 aliphatic heterocycles. The van der Waals surface area contributed by atoms with E-state index in [1.165, 1.54) is 5.56 Å². The Morgan fingerprint density at radius 1 is 1.11 bits per heavy atom. The van der Waals surface area contributed by atoms with Crippen LogP contribution in [0.4, 0.5) is 0 Å². The van der Waals surface area contributed by atoms with Gasteiger partial charge in [-0.3, -0.25) is 4.79 Å². The summed E-state index contributed by atoms with van der Waals surface area (Å²) in [5.74, 6) is -0.0908. The van der Waals surface area contributed by atoms with Gasteiger partial charge in [-0.25, -0.2) is 0 Å². The van der Waals surface area contributed by atoms with Crippen molar-refractivity contribution in [3.8, 4) is 0 Å². The molecule has 0 spiro atoms. The molecule has 27 heavy (non-hydrogen) atoms. The van der Waals surface area contributed by atoms with Gasteiger partial charge < -0.3 is 20.1 Å². The Bertz CT molecular complexity index is 708. The van der Waals surface area contributed by atoms with Gasteiger partial charge in [-0.05, 0) is 24.6 Å². The molecule has 144 valence electrons. The molecular weight excluding hydrogens is 340 g/mol. The fourth-order valence-corrected chi connectivity index (χ4v) is 3.37. The Morgan fingerprint density at radius 3 is 2.41 bits per heavy atom. The van der Waals surface area contributed by atoms with Gasteiger partial charge in [-0.1, -0.05) is 60.7 Å². The first-order chi connectivity index (χ1) is 13.1. The number of rotatable bonds is 8. The zero-order chi connectivity index (χ0) is 19.1. The number of carbonyl (C=O) groups excluding carboxylic acids is 1. The lowest BCUT2D eigenvalue weighted by atomic mass is 10.1. The molecule has 1 heterocycles. The summed E-state index contributed by atoms with van der Waals surface area (Å²) in [4.78, 5) is 14.4. The van der Waals surface area contributed by atoms with Crippen molar-refractivity contribution in [3.63, 3.8) is 0 Å². The van der Waals surface area contributed by atoms with Crippen LogP contribution in [-0.4, -0.2) is 60.9 Å². The van der Waals surface area contributed by atoms with E-state index >= 15 is 0 Å². The third-order valence-corrected chi connectivity index (χ3v) is 4.95. The first-order valence-corrected chi connectivity index (χ1v) is 9.47. The van der Waals surface area contributed by atoms with Crippen LogP contribution < -0.4 is 5.32 Å². The smallest absolute Gasteiger partial charge is 0.224 e. The molecule has 3 rings (SSSR count). The molecular formula is C22H28N2O3. The van der Waals surface area contributed by atoms with E-state index in [9.17, 15) is 9.90 Å². The molecule has 5 heteroatoms. The van der Waals surface area contributed by atoms with Crippen LogP contribution >= 0.6 is 0 Å². The zero-order valence-corrected chi connectivity index (χ0v) is 15.8. The molecule has 0 unspecified atom stereocenters. The van der Waals surface area contributed by atoms with Crippen molar-refractivity contribution in [1.82, 2.24) is 10.2 Å². The molecule has 0 aliphatic carbocycles. The number of aliphatic hydroxyl groups excluding tert-OH is 1. The lowest BCUT2D eigenvalue weighted by Crippen LogP contribution is -2.47. The van der Waals surface area contributed by atoms with Crippen molar-refractivity contribution in [1.29, 1.82) is 0 Å². The highest BCUT2D eigenvalue weighted by Crippen LogP contribution is 2.16. The van der Waals surface area contributed by atoms with Crippen LogP contribution in [0.25, 0.3) is 0 Å². The van der Waals surface area contributed by atoms with E-state index in [1.54, 1.807) is 0 Å². The van der Waals surface area contributed by atoms with Crippen LogP contribution in [-0.2, 0) is 22.4 Å². The van der Waals surface area contributed by atoms with E-state index in [-0.39, 0.29) is 18.1 Å². The molecule has 0 aromatic heterocycles. The first kappa shape index (κ1) is 19.5. The maximum absolute atomic E-state index is 12.2. The SMILES string of the molecule is CN(CCc1ccccc1)C[C@@H]1OC[C@H](NC(=O)Cc2ccccc2)[C@H]1O. The number of carbonyl (C=O) groups is 1. The number of likely N-dealkylation sites (N-methyl/N-ethyl adjacent to an activating group) is 1. The van der Waals surface area contributed by atoms with Gasteiger partial charge in [0.15, 0.2) is 0 Å². The van der Waals surface area contributed by atoms with Crippen LogP contribution in [0.5, 0.6) is 0 Å². The number of aliphatic hydroxyl groups is 1. The predicted molar refractivity (Wildman–Crippen MR) is 105 cm³/mol. The Hall–Kier alpha value is -2.21. The fraction of sp³-hybridized carbons (Fsp3) is 0.409. The second-order valence-electron chi connectivity index (χ2n) is 7.20. The van der Waals surface area contributed by atoms with Gasteiger partial charge in [0.1, 0.15) is 6.10 Å². The van der Waals surface area contributed by atoms with Crippen molar-refractivity contribution in [2.24, 2.45) is 0 Å². The summed E-state index contributed by atoms with van der Waals surface area (Å²) in [5.41, 5.74) is 2.25. The highest BCUT2D eigenvalue weighted by Gasteiger charge is 2.37. The van der Waals surface area contributed by atoms with Gasteiger partial charge in [-0.2, -0.15) is 0 Å². The van der Waals surface area contributed by atoms with E-state index in [0.717, 1.165) is 18.5 Å². The topological polar surface area (TPSA) is 61.8 Å². The van der Waals surface area contributed by atoms with Gasteiger partial charge in [0.25, 0.3) is 0 Å². The van der Waals surface area contributed by atoms with Crippen LogP contribution in [0.3, 0.4) is 0 Å². The molecule has 1 aliphatic rings. The molecule has 5 nitrogen and oxygen atoms in total. The van der Waals surface area contributed by atoms with Gasteiger partial charge in [0, 0.05) is 13.1 Å². The summed E-state index contributed by atoms with van der Waals surface area (Å²) >= 11 is 0. The molecule has 1 fully saturated rings. The van der Waals surface area contributed by atoms with E-state index in [0.29, 0.717) is 19.6 Å². The van der Waals surface area contributed by atoms with Crippen molar-refractivity contribution >= 4 is 5.91 Å². The van der Waals surface area contributed by atoms with Gasteiger partial charge in [0.2, 0.25) is 5.91 Å². The third kappa shape index (κ3) is 5.89. The molecule has 2 N–H and O–H groups in total. The normalized spacial score (nSPS) is 22.1. The minimum atomic E-state index is -0.691. The summed E-state index contributed by atoms with van der Waals surface area (Å²) in [6.45, 7) is 1.87. The highest BCUT2D eigenvalue weighted by molar-refractivity contribution is 5.79. The summed E-state index contributed by atoms with van der Waals surface area (Å²) in [6.07, 6.45) is 0.292. The van der Waals surface area contributed by atoms with Crippen LogP contribution in [0.2, 0.25) is 0 Å². The monoisotopic (exact) mass is 368 g/mol. The lowest BCUT2D eigenvalue weighted by Gasteiger charge is -2.24. The van der Waals surface area contributed by atoms with E-state index < -0.39 is 6.10 Å². The maximum atomic E-state index is 12.2. The molecule has 3 atom stereocenters. The van der Waals surface area contributed by atoms with Crippen molar-refractivity contribution in [2.45, 2.75) is 31.1 Å². The molecule has 2 aromatic rings. The minimum absolute atomic E-state index is 0.0908. The van der Waals surface area contributed by atoms with Gasteiger partial charge >= 0.3 is 0 Å². The number of ether oxygens (including phenoxy) is 1. The summed E-state index contributed by atoms with van der Waals surface area (Å²) in [5, 5.41) is 13.4. The first-order valence-electron chi connectivity index (χ1n) is 9.47. The van der Waals surface area contributed by atoms with Crippen molar-refractivity contribution in [2.75, 3.05) is 26.7 Å². The van der Waals surface area contributed by atoms with Gasteiger partial charge in [0.05, 0.1) is 25.2 Å². The second-order valence-corrected chi connectivity index (χ2v) is 7.20. The van der Waals surface area contributed by atoms with E-state index in [4.69, 9.17) is 4.74 Å². The standard InChI is InChI=1S/C22H28N2O3/c1-24(13-12-17-8-4-2-5-9-17)15-20-22(26)19(16-27-20)23-21(25)14-18-10-6-3-7-11-18/h2-11,19-20,22,26H,12-16H2,1H3,(H,23,25)/t19-,20-,22+/m0/s1. The largest absolute Gasteiger partial charge is 0.388 e. The summed E-state index contributed by atoms with van der Waals surface area (Å²) in [7, 11) is 2.03. The number of amides is 1. The Morgan fingerprint density at radius 2 is 1.74 bits per heavy atom. The Kier molecular flexibility index (Phi) is 6.98. The molecule has 0 bridgehead atoms. The highest BCUT2D eigenvalue weighted by atomic mass is 16.5. The summed E-state index contributed by atoms with van der Waals surface area (Å²) < 4.78 is 5.75. The van der Waals surface area contributed by atoms with E-state index in [1.807, 2.05) is 55.6 Å². The number of hydrogen-bond acceptors (Lipinski definition) is 4. The molecule has 1 amide bonds. The quantitative estimate of drug-likeness (QED) is 0.744. The van der Waals surface area contributed by atoms with Crippen molar-refractivity contribution < 1.29 is 14.6 Å². The van der Waals surface area contributed by atoms with Crippen molar-refractivity contribution in [3.05, 3.63) is 71.8 Å². The third-order valence-electron chi connectivity index (χ3n) is 4.95. The number of benzene rings is 2. The Labute approximate surface area is 161 Å². The average molecular weight is 368 g/mol. The van der Waals surface area contributed by atoms with Gasteiger partial charge in [-0.15, -0.1) is 0 Å². The van der Waals surface area contributed by atoms with Crippen LogP contribution in [0, 0.1) is 0 Å². The van der Waals surface area contributed by atoms with Crippen LogP contribution in [0.1, 0.15) is 11.1 Å². The molecule has 1 saturated heterocycles. The second kappa shape index (κ2) is 9.65. The summed E-state index contributed by atoms with van der Waals surface area (Å²) in [6, 6.07) is 19.6. The average Bonchev–Trinajstić information content (AvgIpc) is 3.01. The number of nitrogens with one attached hydrogen (secondary N) is 1. The fourth-order valence-electron chi connectivity index (χ4n) is 3.37. The molecule has 2 aromatic carbocycles. The zero-order valence-electron chi connectivity index (χ0n) is 15.8. The minimum Gasteiger partial charge on any atom is -0.388 e. The van der Waals surface area contributed by atoms with E-state index in [2.05, 4.69) is 22.3 Å².